The number of hydrogen-bond donors (Lipinski definition) is 1. The second-order valence-corrected chi connectivity index (χ2v) is 7.88. The van der Waals surface area contributed by atoms with Crippen molar-refractivity contribution in [2.24, 2.45) is 0 Å². The zero-order valence-electron chi connectivity index (χ0n) is 17.0. The van der Waals surface area contributed by atoms with E-state index in [0.29, 0.717) is 5.69 Å². The topological polar surface area (TPSA) is 65.1 Å². The van der Waals surface area contributed by atoms with Crippen molar-refractivity contribution in [3.63, 3.8) is 0 Å². The fourth-order valence-corrected chi connectivity index (χ4v) is 3.81. The maximum atomic E-state index is 12.5. The van der Waals surface area contributed by atoms with Crippen LogP contribution < -0.4 is 24.8 Å². The van der Waals surface area contributed by atoms with Crippen LogP contribution >= 0.6 is 0 Å². The van der Waals surface area contributed by atoms with Gasteiger partial charge in [-0.1, -0.05) is 0 Å². The number of methoxy groups -OCH3 is 1. The van der Waals surface area contributed by atoms with Crippen LogP contribution in [0, 0.1) is 0 Å². The number of ether oxygens (including phenoxy) is 1. The van der Waals surface area contributed by atoms with Crippen LogP contribution in [0.25, 0.3) is 0 Å². The smallest absolute Gasteiger partial charge is 0.329 e. The summed E-state index contributed by atoms with van der Waals surface area (Å²) in [5.41, 5.74) is 2.02. The minimum Gasteiger partial charge on any atom is -0.497 e. The second-order valence-electron chi connectivity index (χ2n) is 7.88. The van der Waals surface area contributed by atoms with Crippen LogP contribution in [0.15, 0.2) is 48.5 Å². The highest BCUT2D eigenvalue weighted by molar-refractivity contribution is 6.23. The molecule has 4 rings (SSSR count). The summed E-state index contributed by atoms with van der Waals surface area (Å²) in [7, 11) is 1.67. The highest BCUT2D eigenvalue weighted by Gasteiger charge is 2.45. The van der Waals surface area contributed by atoms with Crippen molar-refractivity contribution in [3.8, 4) is 5.75 Å². The first-order valence-corrected chi connectivity index (χ1v) is 9.80. The minimum atomic E-state index is -0.868. The zero-order valence-corrected chi connectivity index (χ0v) is 17.0. The summed E-state index contributed by atoms with van der Waals surface area (Å²) < 4.78 is 5.23. The van der Waals surface area contributed by atoms with Gasteiger partial charge in [0.05, 0.1) is 12.8 Å². The van der Waals surface area contributed by atoms with E-state index in [2.05, 4.69) is 27.2 Å². The molecule has 2 aromatic carbocycles. The molecular formula is C22H26N4O3. The molecule has 2 saturated heterocycles. The molecule has 0 atom stereocenters. The number of nitrogens with one attached hydrogen (secondary N) is 1. The average Bonchev–Trinajstić information content (AvgIpc) is 2.95. The van der Waals surface area contributed by atoms with Crippen LogP contribution in [0.4, 0.5) is 21.9 Å². The fourth-order valence-electron chi connectivity index (χ4n) is 3.81. The predicted octanol–water partition coefficient (Wildman–Crippen LogP) is 2.86. The molecule has 2 aliphatic heterocycles. The lowest BCUT2D eigenvalue weighted by atomic mass is 10.1. The first-order valence-electron chi connectivity index (χ1n) is 9.80. The highest BCUT2D eigenvalue weighted by atomic mass is 16.5. The first kappa shape index (κ1) is 19.1. The molecule has 2 heterocycles. The summed E-state index contributed by atoms with van der Waals surface area (Å²) in [5, 5.41) is 2.71. The Hall–Kier alpha value is -3.22. The molecule has 0 aromatic heterocycles. The molecule has 0 unspecified atom stereocenters. The largest absolute Gasteiger partial charge is 0.497 e. The fraction of sp³-hybridized carbons (Fsp3) is 0.364. The number of amides is 3. The Morgan fingerprint density at radius 3 is 1.66 bits per heavy atom. The van der Waals surface area contributed by atoms with Crippen molar-refractivity contribution >= 4 is 29.0 Å². The SMILES string of the molecule is COc1ccc(N2CCN(c3ccc(N4C(=O)NC(C)(C)C4=O)cc3)CC2)cc1. The Labute approximate surface area is 170 Å². The van der Waals surface area contributed by atoms with E-state index in [0.717, 1.165) is 37.6 Å². The number of hydrogen-bond acceptors (Lipinski definition) is 5. The van der Waals surface area contributed by atoms with Gasteiger partial charge >= 0.3 is 6.03 Å². The van der Waals surface area contributed by atoms with Crippen LogP contribution in [-0.4, -0.2) is 50.8 Å². The van der Waals surface area contributed by atoms with Crippen LogP contribution in [0.1, 0.15) is 13.8 Å². The van der Waals surface area contributed by atoms with E-state index >= 15 is 0 Å². The van der Waals surface area contributed by atoms with E-state index in [1.54, 1.807) is 21.0 Å². The number of carbonyl (C=O) groups is 2. The van der Waals surface area contributed by atoms with Gasteiger partial charge in [-0.25, -0.2) is 9.69 Å². The molecule has 7 nitrogen and oxygen atoms in total. The van der Waals surface area contributed by atoms with Gasteiger partial charge in [-0.3, -0.25) is 4.79 Å². The summed E-state index contributed by atoms with van der Waals surface area (Å²) in [6.45, 7) is 7.08. The molecule has 0 aliphatic carbocycles. The highest BCUT2D eigenvalue weighted by Crippen LogP contribution is 2.28. The number of benzene rings is 2. The van der Waals surface area contributed by atoms with Gasteiger partial charge in [-0.05, 0) is 62.4 Å². The summed E-state index contributed by atoms with van der Waals surface area (Å²) in [6, 6.07) is 15.4. The van der Waals surface area contributed by atoms with Crippen molar-refractivity contribution in [1.82, 2.24) is 5.32 Å². The Bertz CT molecular complexity index is 901. The Morgan fingerprint density at radius 1 is 0.793 bits per heavy atom. The van der Waals surface area contributed by atoms with Crippen molar-refractivity contribution in [2.45, 2.75) is 19.4 Å². The lowest BCUT2D eigenvalue weighted by Crippen LogP contribution is -2.46. The summed E-state index contributed by atoms with van der Waals surface area (Å²) in [6.07, 6.45) is 0. The molecule has 2 aliphatic rings. The van der Waals surface area contributed by atoms with Gasteiger partial charge in [-0.2, -0.15) is 0 Å². The zero-order chi connectivity index (χ0) is 20.6. The van der Waals surface area contributed by atoms with E-state index < -0.39 is 5.54 Å². The lowest BCUT2D eigenvalue weighted by Gasteiger charge is -2.37. The van der Waals surface area contributed by atoms with Crippen LogP contribution in [0.5, 0.6) is 5.75 Å². The first-order chi connectivity index (χ1) is 13.9. The second kappa shape index (κ2) is 7.31. The molecule has 0 bridgehead atoms. The van der Waals surface area contributed by atoms with Crippen molar-refractivity contribution in [1.29, 1.82) is 0 Å². The molecule has 7 heteroatoms. The van der Waals surface area contributed by atoms with Crippen LogP contribution in [0.2, 0.25) is 0 Å². The van der Waals surface area contributed by atoms with Gasteiger partial charge in [-0.15, -0.1) is 0 Å². The van der Waals surface area contributed by atoms with Gasteiger partial charge in [0.1, 0.15) is 11.3 Å². The third kappa shape index (κ3) is 3.60. The predicted molar refractivity (Wildman–Crippen MR) is 114 cm³/mol. The molecular weight excluding hydrogens is 368 g/mol. The number of imide groups is 1. The van der Waals surface area contributed by atoms with E-state index in [1.807, 2.05) is 36.4 Å². The number of anilines is 3. The summed E-state index contributed by atoms with van der Waals surface area (Å²) in [5.74, 6) is 0.629. The quantitative estimate of drug-likeness (QED) is 0.808. The molecule has 0 radical (unpaired) electrons. The Kier molecular flexibility index (Phi) is 4.82. The van der Waals surface area contributed by atoms with Gasteiger partial charge in [0, 0.05) is 37.6 Å². The number of nitrogens with zero attached hydrogens (tertiary/aromatic N) is 3. The summed E-state index contributed by atoms with van der Waals surface area (Å²) >= 11 is 0. The average molecular weight is 394 g/mol. The van der Waals surface area contributed by atoms with Gasteiger partial charge in [0.25, 0.3) is 5.91 Å². The molecule has 0 saturated carbocycles. The third-order valence-electron chi connectivity index (χ3n) is 5.55. The normalized spacial score (nSPS) is 18.8. The lowest BCUT2D eigenvalue weighted by molar-refractivity contribution is -0.121. The maximum Gasteiger partial charge on any atom is 0.329 e. The minimum absolute atomic E-state index is 0.233. The summed E-state index contributed by atoms with van der Waals surface area (Å²) in [4.78, 5) is 30.5. The standard InChI is InChI=1S/C22H26N4O3/c1-22(2)20(27)26(21(28)23-22)18-6-4-16(5-7-18)24-12-14-25(15-13-24)17-8-10-19(29-3)11-9-17/h4-11H,12-15H2,1-3H3,(H,23,28). The maximum absolute atomic E-state index is 12.5. The van der Waals surface area contributed by atoms with E-state index in [1.165, 1.54) is 10.6 Å². The van der Waals surface area contributed by atoms with Gasteiger partial charge in [0.15, 0.2) is 0 Å². The number of piperazine rings is 1. The van der Waals surface area contributed by atoms with E-state index in [-0.39, 0.29) is 11.9 Å². The van der Waals surface area contributed by atoms with Crippen molar-refractivity contribution < 1.29 is 14.3 Å². The number of urea groups is 1. The third-order valence-corrected chi connectivity index (χ3v) is 5.55. The molecule has 2 aromatic rings. The van der Waals surface area contributed by atoms with Crippen LogP contribution in [-0.2, 0) is 4.79 Å². The Morgan fingerprint density at radius 2 is 1.24 bits per heavy atom. The van der Waals surface area contributed by atoms with Crippen LogP contribution in [0.3, 0.4) is 0 Å². The molecule has 1 N–H and O–H groups in total. The number of carbonyl (C=O) groups excluding carboxylic acids is 2. The molecule has 3 amide bonds. The molecule has 0 spiro atoms. The van der Waals surface area contributed by atoms with E-state index in [4.69, 9.17) is 4.74 Å². The van der Waals surface area contributed by atoms with E-state index in [9.17, 15) is 9.59 Å². The molecule has 29 heavy (non-hydrogen) atoms. The van der Waals surface area contributed by atoms with Gasteiger partial charge < -0.3 is 19.9 Å². The number of rotatable bonds is 4. The van der Waals surface area contributed by atoms with Crippen molar-refractivity contribution in [2.75, 3.05) is 48.0 Å². The van der Waals surface area contributed by atoms with Gasteiger partial charge in [0.2, 0.25) is 0 Å². The monoisotopic (exact) mass is 394 g/mol. The molecule has 2 fully saturated rings. The molecule has 152 valence electrons. The van der Waals surface area contributed by atoms with Crippen molar-refractivity contribution in [3.05, 3.63) is 48.5 Å². The Balaban J connectivity index is 1.40.